The first-order chi connectivity index (χ1) is 15.1. The zero-order chi connectivity index (χ0) is 23.0. The fourth-order valence-electron chi connectivity index (χ4n) is 4.54. The molecule has 1 aromatic heterocycles. The first kappa shape index (κ1) is 22.8. The first-order valence-corrected chi connectivity index (χ1v) is 13.1. The number of rotatable bonds is 5. The summed E-state index contributed by atoms with van der Waals surface area (Å²) in [5.74, 6) is 0.190. The van der Waals surface area contributed by atoms with Crippen LogP contribution in [0.25, 0.3) is 11.8 Å². The summed E-state index contributed by atoms with van der Waals surface area (Å²) >= 11 is 0.998. The number of sulfonamides is 1. The topological polar surface area (TPSA) is 102 Å². The molecule has 4 rings (SSSR count). The molecule has 0 atom stereocenters. The minimum atomic E-state index is -3.76. The molecule has 2 aliphatic rings. The third-order valence-corrected chi connectivity index (χ3v) is 8.06. The number of hydrogen-bond acceptors (Lipinski definition) is 5. The third kappa shape index (κ3) is 4.55. The summed E-state index contributed by atoms with van der Waals surface area (Å²) in [6.07, 6.45) is 7.50. The van der Waals surface area contributed by atoms with Crippen molar-refractivity contribution in [2.75, 3.05) is 6.54 Å². The van der Waals surface area contributed by atoms with Crippen LogP contribution in [0.15, 0.2) is 40.1 Å². The first-order valence-electron chi connectivity index (χ1n) is 10.7. The Morgan fingerprint density at radius 2 is 1.75 bits per heavy atom. The van der Waals surface area contributed by atoms with Gasteiger partial charge in [-0.3, -0.25) is 14.5 Å². The van der Waals surface area contributed by atoms with Crippen LogP contribution in [0.3, 0.4) is 0 Å². The van der Waals surface area contributed by atoms with Crippen molar-refractivity contribution in [3.63, 3.8) is 0 Å². The molecule has 1 aliphatic carbocycles. The lowest BCUT2D eigenvalue weighted by Gasteiger charge is -2.25. The summed E-state index contributed by atoms with van der Waals surface area (Å²) in [4.78, 5) is 27.3. The minimum absolute atomic E-state index is 0.0515. The molecule has 0 radical (unpaired) electrons. The molecule has 0 spiro atoms. The zero-order valence-electron chi connectivity index (χ0n) is 18.2. The van der Waals surface area contributed by atoms with Crippen LogP contribution in [0.5, 0.6) is 0 Å². The highest BCUT2D eigenvalue weighted by molar-refractivity contribution is 8.18. The number of carbonyl (C=O) groups is 2. The number of nitrogens with zero attached hydrogens (tertiary/aromatic N) is 2. The average molecular weight is 474 g/mol. The van der Waals surface area contributed by atoms with E-state index in [1.54, 1.807) is 18.2 Å². The van der Waals surface area contributed by atoms with Gasteiger partial charge in [-0.25, -0.2) is 13.6 Å². The number of nitrogens with two attached hydrogens (primary N) is 1. The van der Waals surface area contributed by atoms with E-state index in [4.69, 9.17) is 5.14 Å². The van der Waals surface area contributed by atoms with Gasteiger partial charge in [0, 0.05) is 23.6 Å². The van der Waals surface area contributed by atoms with Gasteiger partial charge >= 0.3 is 0 Å². The Kier molecular flexibility index (Phi) is 6.33. The van der Waals surface area contributed by atoms with Gasteiger partial charge in [0.05, 0.1) is 9.80 Å². The van der Waals surface area contributed by atoms with Gasteiger partial charge in [0.1, 0.15) is 0 Å². The van der Waals surface area contributed by atoms with E-state index < -0.39 is 10.0 Å². The van der Waals surface area contributed by atoms with Gasteiger partial charge in [0.2, 0.25) is 10.0 Å². The van der Waals surface area contributed by atoms with Crippen LogP contribution in [-0.4, -0.2) is 35.6 Å². The van der Waals surface area contributed by atoms with E-state index in [9.17, 15) is 18.0 Å². The smallest absolute Gasteiger partial charge is 0.293 e. The molecule has 2 aromatic rings. The van der Waals surface area contributed by atoms with Crippen LogP contribution in [0.1, 0.15) is 49.1 Å². The van der Waals surface area contributed by atoms with Gasteiger partial charge in [-0.15, -0.1) is 0 Å². The van der Waals surface area contributed by atoms with E-state index in [2.05, 4.69) is 0 Å². The number of hydrogen-bond donors (Lipinski definition) is 1. The van der Waals surface area contributed by atoms with E-state index in [1.165, 1.54) is 36.3 Å². The quantitative estimate of drug-likeness (QED) is 0.650. The summed E-state index contributed by atoms with van der Waals surface area (Å²) in [6, 6.07) is 8.29. The molecule has 2 fully saturated rings. The largest absolute Gasteiger partial charge is 0.318 e. The van der Waals surface area contributed by atoms with Crippen molar-refractivity contribution in [1.82, 2.24) is 9.47 Å². The lowest BCUT2D eigenvalue weighted by Crippen LogP contribution is -2.34. The van der Waals surface area contributed by atoms with Crippen LogP contribution in [0, 0.1) is 19.8 Å². The lowest BCUT2D eigenvalue weighted by molar-refractivity contribution is -0.123. The van der Waals surface area contributed by atoms with Gasteiger partial charge in [-0.05, 0) is 86.3 Å². The molecule has 1 saturated carbocycles. The summed E-state index contributed by atoms with van der Waals surface area (Å²) in [5.41, 5.74) is 3.46. The van der Waals surface area contributed by atoms with Crippen molar-refractivity contribution in [3.8, 4) is 5.69 Å². The molecule has 1 saturated heterocycles. The maximum atomic E-state index is 12.9. The second-order valence-corrected chi connectivity index (χ2v) is 11.1. The Bertz CT molecular complexity index is 1190. The lowest BCUT2D eigenvalue weighted by atomic mass is 9.89. The normalized spacial score (nSPS) is 19.3. The van der Waals surface area contributed by atoms with Gasteiger partial charge < -0.3 is 4.57 Å². The molecular formula is C23H27N3O4S2. The predicted octanol–water partition coefficient (Wildman–Crippen LogP) is 4.36. The molecule has 0 bridgehead atoms. The standard InChI is InChI=1S/C23H27N3O4S2/c1-15-12-18(16(2)26(15)19-8-10-20(11-9-19)32(24,29)30)13-21-22(27)25(23(28)31-21)14-17-6-4-3-5-7-17/h8-13,17H,3-7,14H2,1-2H3,(H2,24,29,30)/b21-13+. The highest BCUT2D eigenvalue weighted by atomic mass is 32.2. The molecule has 7 nitrogen and oxygen atoms in total. The maximum absolute atomic E-state index is 12.9. The Morgan fingerprint density at radius 3 is 2.38 bits per heavy atom. The van der Waals surface area contributed by atoms with Crippen molar-refractivity contribution in [2.24, 2.45) is 11.1 Å². The van der Waals surface area contributed by atoms with Crippen LogP contribution in [0.2, 0.25) is 0 Å². The monoisotopic (exact) mass is 473 g/mol. The number of imide groups is 1. The predicted molar refractivity (Wildman–Crippen MR) is 126 cm³/mol. The number of aryl methyl sites for hydroxylation is 1. The fourth-order valence-corrected chi connectivity index (χ4v) is 5.90. The Balaban J connectivity index is 1.58. The number of amides is 2. The van der Waals surface area contributed by atoms with Crippen molar-refractivity contribution in [2.45, 2.75) is 50.8 Å². The maximum Gasteiger partial charge on any atom is 0.293 e. The van der Waals surface area contributed by atoms with Gasteiger partial charge in [0.15, 0.2) is 0 Å². The van der Waals surface area contributed by atoms with Crippen molar-refractivity contribution in [3.05, 3.63) is 52.2 Å². The Labute approximate surface area is 192 Å². The molecule has 0 unspecified atom stereocenters. The number of carbonyl (C=O) groups excluding carboxylic acids is 2. The number of benzene rings is 1. The molecule has 1 aromatic carbocycles. The second kappa shape index (κ2) is 8.88. The van der Waals surface area contributed by atoms with Crippen LogP contribution in [-0.2, 0) is 14.8 Å². The van der Waals surface area contributed by atoms with Gasteiger partial charge in [0.25, 0.3) is 11.1 Å². The molecule has 1 aliphatic heterocycles. The summed E-state index contributed by atoms with van der Waals surface area (Å²) in [7, 11) is -3.76. The molecule has 2 heterocycles. The van der Waals surface area contributed by atoms with E-state index >= 15 is 0 Å². The molecule has 9 heteroatoms. The van der Waals surface area contributed by atoms with Crippen LogP contribution >= 0.6 is 11.8 Å². The molecule has 2 N–H and O–H groups in total. The van der Waals surface area contributed by atoms with E-state index in [1.807, 2.05) is 24.5 Å². The highest BCUT2D eigenvalue weighted by Gasteiger charge is 2.36. The van der Waals surface area contributed by atoms with Crippen molar-refractivity contribution >= 4 is 39.0 Å². The minimum Gasteiger partial charge on any atom is -0.318 e. The van der Waals surface area contributed by atoms with Gasteiger partial charge in [-0.2, -0.15) is 0 Å². The SMILES string of the molecule is Cc1cc(/C=C2/SC(=O)N(CC3CCCCC3)C2=O)c(C)n1-c1ccc(S(N)(=O)=O)cc1. The number of aromatic nitrogens is 1. The van der Waals surface area contributed by atoms with Crippen LogP contribution in [0.4, 0.5) is 4.79 Å². The number of primary sulfonamides is 1. The van der Waals surface area contributed by atoms with E-state index in [0.717, 1.165) is 47.2 Å². The summed E-state index contributed by atoms with van der Waals surface area (Å²) in [5, 5.41) is 4.99. The molecule has 32 heavy (non-hydrogen) atoms. The third-order valence-electron chi connectivity index (χ3n) is 6.22. The molecule has 170 valence electrons. The summed E-state index contributed by atoms with van der Waals surface area (Å²) < 4.78 is 25.0. The Morgan fingerprint density at radius 1 is 1.09 bits per heavy atom. The van der Waals surface area contributed by atoms with E-state index in [-0.39, 0.29) is 16.0 Å². The van der Waals surface area contributed by atoms with Crippen molar-refractivity contribution in [1.29, 1.82) is 0 Å². The second-order valence-electron chi connectivity index (χ2n) is 8.50. The average Bonchev–Trinajstić information content (AvgIpc) is 3.17. The fraction of sp³-hybridized carbons (Fsp3) is 0.391. The molecule has 2 amide bonds. The highest BCUT2D eigenvalue weighted by Crippen LogP contribution is 2.36. The zero-order valence-corrected chi connectivity index (χ0v) is 19.8. The van der Waals surface area contributed by atoms with Crippen molar-refractivity contribution < 1.29 is 18.0 Å². The molecular weight excluding hydrogens is 446 g/mol. The Hall–Kier alpha value is -2.36. The van der Waals surface area contributed by atoms with E-state index in [0.29, 0.717) is 17.4 Å². The van der Waals surface area contributed by atoms with Gasteiger partial charge in [-0.1, -0.05) is 19.3 Å². The number of thioether (sulfide) groups is 1. The summed E-state index contributed by atoms with van der Waals surface area (Å²) in [6.45, 7) is 4.38. The van der Waals surface area contributed by atoms with Crippen LogP contribution < -0.4 is 5.14 Å².